The van der Waals surface area contributed by atoms with Gasteiger partial charge in [0.1, 0.15) is 12.3 Å². The predicted octanol–water partition coefficient (Wildman–Crippen LogP) is 0.705. The quantitative estimate of drug-likeness (QED) is 0.279. The maximum absolute atomic E-state index is 12.9. The van der Waals surface area contributed by atoms with Crippen molar-refractivity contribution < 1.29 is 28.6 Å². The van der Waals surface area contributed by atoms with Crippen LogP contribution in [0.4, 0.5) is 4.79 Å². The summed E-state index contributed by atoms with van der Waals surface area (Å²) in [4.78, 5) is 59.4. The summed E-state index contributed by atoms with van der Waals surface area (Å²) in [6.07, 6.45) is -0.252. The minimum absolute atomic E-state index is 0.0611. The van der Waals surface area contributed by atoms with Crippen LogP contribution in [-0.2, 0) is 18.9 Å². The Bertz CT molecular complexity index is 665. The predicted molar refractivity (Wildman–Crippen MR) is 108 cm³/mol. The monoisotopic (exact) mass is 432 g/mol. The van der Waals surface area contributed by atoms with Gasteiger partial charge in [-0.25, -0.2) is 4.79 Å². The molecule has 1 saturated heterocycles. The van der Waals surface area contributed by atoms with Crippen LogP contribution in [0.25, 0.3) is 0 Å². The Morgan fingerprint density at radius 1 is 1.14 bits per heavy atom. The van der Waals surface area contributed by atoms with Crippen LogP contribution >= 0.6 is 7.37 Å². The van der Waals surface area contributed by atoms with Crippen molar-refractivity contribution >= 4 is 31.1 Å². The summed E-state index contributed by atoms with van der Waals surface area (Å²) in [6.45, 7) is 7.40. The molecule has 1 aliphatic heterocycles. The number of hydrogen-bond donors (Lipinski definition) is 4. The zero-order valence-electron chi connectivity index (χ0n) is 17.7. The first-order chi connectivity index (χ1) is 13.4. The van der Waals surface area contributed by atoms with E-state index in [1.54, 1.807) is 0 Å². The maximum atomic E-state index is 12.9. The van der Waals surface area contributed by atoms with E-state index in [0.29, 0.717) is 17.7 Å². The number of imide groups is 1. The highest BCUT2D eigenvalue weighted by Crippen LogP contribution is 2.44. The minimum atomic E-state index is -4.00. The average Bonchev–Trinajstić information content (AvgIpc) is 2.90. The van der Waals surface area contributed by atoms with Gasteiger partial charge in [-0.1, -0.05) is 27.7 Å². The first kappa shape index (κ1) is 25.1. The fraction of sp³-hybridized carbons (Fsp3) is 0.778. The normalized spacial score (nSPS) is 18.4. The molecule has 1 heterocycles. The number of carbonyl (C=O) groups is 4. The molecule has 4 N–H and O–H groups in total. The van der Waals surface area contributed by atoms with Crippen LogP contribution in [0.3, 0.4) is 0 Å². The Kier molecular flexibility index (Phi) is 9.29. The first-order valence-electron chi connectivity index (χ1n) is 9.77. The third-order valence-corrected chi connectivity index (χ3v) is 6.25. The fourth-order valence-corrected chi connectivity index (χ4v) is 5.07. The Balaban J connectivity index is 2.92. The molecule has 1 rings (SSSR count). The summed E-state index contributed by atoms with van der Waals surface area (Å²) in [5.74, 6) is -2.01. The molecule has 10 nitrogen and oxygen atoms in total. The largest absolute Gasteiger partial charge is 0.357 e. The van der Waals surface area contributed by atoms with Gasteiger partial charge in [0, 0.05) is 19.1 Å². The molecule has 0 aromatic rings. The molecule has 29 heavy (non-hydrogen) atoms. The van der Waals surface area contributed by atoms with E-state index >= 15 is 0 Å². The average molecular weight is 432 g/mol. The van der Waals surface area contributed by atoms with E-state index in [0.717, 1.165) is 0 Å². The van der Waals surface area contributed by atoms with Crippen LogP contribution in [0.2, 0.25) is 0 Å². The molecule has 5 amide bonds. The standard InChI is InChI=1S/C18H33N4O6P/c1-11(2)6-13(16(24)21-14(7-12(3)4)17(25)19-5)9-29(27,28)10-22-15(23)8-20-18(22)26/h11-14H,6-10H2,1-5H3,(H,19,25)(H,20,26)(H,21,24)(H,27,28)/t13?,14-/m0/s1. The lowest BCUT2D eigenvalue weighted by atomic mass is 9.96. The SMILES string of the molecule is CNC(=O)[C@H](CC(C)C)NC(=O)C(CC(C)C)CP(=O)(O)CN1C(=O)CNC1=O. The van der Waals surface area contributed by atoms with Crippen molar-refractivity contribution in [3.05, 3.63) is 0 Å². The lowest BCUT2D eigenvalue weighted by molar-refractivity contribution is -0.131. The molecule has 166 valence electrons. The molecule has 1 aliphatic rings. The summed E-state index contributed by atoms with van der Waals surface area (Å²) >= 11 is 0. The number of likely N-dealkylation sites (N-methyl/N-ethyl adjacent to an activating group) is 1. The Morgan fingerprint density at radius 3 is 2.17 bits per heavy atom. The second kappa shape index (κ2) is 10.7. The Hall–Kier alpha value is -1.93. The van der Waals surface area contributed by atoms with E-state index in [1.807, 2.05) is 27.7 Å². The summed E-state index contributed by atoms with van der Waals surface area (Å²) in [5, 5.41) is 7.51. The number of hydrogen-bond acceptors (Lipinski definition) is 5. The Labute approximate surface area is 171 Å². The molecule has 1 fully saturated rings. The van der Waals surface area contributed by atoms with Crippen LogP contribution in [0.5, 0.6) is 0 Å². The van der Waals surface area contributed by atoms with Gasteiger partial charge in [0.15, 0.2) is 0 Å². The lowest BCUT2D eigenvalue weighted by Crippen LogP contribution is -2.49. The van der Waals surface area contributed by atoms with Crippen LogP contribution in [0.15, 0.2) is 0 Å². The van der Waals surface area contributed by atoms with Crippen LogP contribution < -0.4 is 16.0 Å². The Morgan fingerprint density at radius 2 is 1.72 bits per heavy atom. The molecular weight excluding hydrogens is 399 g/mol. The second-order valence-corrected chi connectivity index (χ2v) is 10.6. The van der Waals surface area contributed by atoms with Crippen molar-refractivity contribution in [3.63, 3.8) is 0 Å². The summed E-state index contributed by atoms with van der Waals surface area (Å²) < 4.78 is 12.7. The van der Waals surface area contributed by atoms with Crippen molar-refractivity contribution in [1.29, 1.82) is 0 Å². The zero-order chi connectivity index (χ0) is 22.4. The van der Waals surface area contributed by atoms with Gasteiger partial charge >= 0.3 is 6.03 Å². The lowest BCUT2D eigenvalue weighted by Gasteiger charge is -2.26. The summed E-state index contributed by atoms with van der Waals surface area (Å²) in [6, 6.07) is -1.46. The van der Waals surface area contributed by atoms with Crippen molar-refractivity contribution in [2.24, 2.45) is 17.8 Å². The summed E-state index contributed by atoms with van der Waals surface area (Å²) in [7, 11) is -2.52. The topological polar surface area (TPSA) is 145 Å². The third kappa shape index (κ3) is 8.14. The number of nitrogens with zero attached hydrogens (tertiary/aromatic N) is 1. The van der Waals surface area contributed by atoms with E-state index in [-0.39, 0.29) is 30.4 Å². The van der Waals surface area contributed by atoms with Gasteiger partial charge in [0.05, 0.1) is 6.54 Å². The molecule has 0 aliphatic carbocycles. The molecule has 2 unspecified atom stereocenters. The highest BCUT2D eigenvalue weighted by molar-refractivity contribution is 7.58. The minimum Gasteiger partial charge on any atom is -0.357 e. The molecule has 0 spiro atoms. The van der Waals surface area contributed by atoms with Crippen LogP contribution in [0, 0.1) is 17.8 Å². The van der Waals surface area contributed by atoms with Crippen molar-refractivity contribution in [1.82, 2.24) is 20.9 Å². The van der Waals surface area contributed by atoms with E-state index in [4.69, 9.17) is 0 Å². The first-order valence-corrected chi connectivity index (χ1v) is 11.8. The molecule has 3 atom stereocenters. The second-order valence-electron chi connectivity index (χ2n) is 8.28. The molecule has 0 aromatic heterocycles. The molecule has 11 heteroatoms. The third-order valence-electron chi connectivity index (χ3n) is 4.52. The van der Waals surface area contributed by atoms with Gasteiger partial charge in [-0.2, -0.15) is 0 Å². The highest BCUT2D eigenvalue weighted by atomic mass is 31.2. The van der Waals surface area contributed by atoms with Gasteiger partial charge in [-0.05, 0) is 24.7 Å². The summed E-state index contributed by atoms with van der Waals surface area (Å²) in [5.41, 5.74) is 0. The maximum Gasteiger partial charge on any atom is 0.325 e. The van der Waals surface area contributed by atoms with Crippen molar-refractivity contribution in [2.75, 3.05) is 26.0 Å². The van der Waals surface area contributed by atoms with E-state index in [9.17, 15) is 28.6 Å². The number of carbonyl (C=O) groups excluding carboxylic acids is 4. The van der Waals surface area contributed by atoms with E-state index in [2.05, 4.69) is 16.0 Å². The van der Waals surface area contributed by atoms with Crippen molar-refractivity contribution in [2.45, 2.75) is 46.6 Å². The van der Waals surface area contributed by atoms with E-state index < -0.39 is 43.5 Å². The zero-order valence-corrected chi connectivity index (χ0v) is 18.6. The van der Waals surface area contributed by atoms with Crippen molar-refractivity contribution in [3.8, 4) is 0 Å². The van der Waals surface area contributed by atoms with Gasteiger partial charge in [0.25, 0.3) is 5.91 Å². The van der Waals surface area contributed by atoms with Gasteiger partial charge < -0.3 is 20.8 Å². The smallest absolute Gasteiger partial charge is 0.325 e. The van der Waals surface area contributed by atoms with Gasteiger partial charge in [-0.15, -0.1) is 0 Å². The fourth-order valence-electron chi connectivity index (χ4n) is 3.22. The molecular formula is C18H33N4O6P. The number of urea groups is 1. The molecule has 0 aromatic carbocycles. The number of amides is 5. The van der Waals surface area contributed by atoms with Crippen LogP contribution in [-0.4, -0.2) is 65.6 Å². The molecule has 0 saturated carbocycles. The van der Waals surface area contributed by atoms with Crippen LogP contribution in [0.1, 0.15) is 40.5 Å². The number of nitrogens with one attached hydrogen (secondary N) is 3. The molecule has 0 bridgehead atoms. The van der Waals surface area contributed by atoms with Gasteiger partial charge in [0.2, 0.25) is 19.2 Å². The van der Waals surface area contributed by atoms with E-state index in [1.165, 1.54) is 7.05 Å². The number of rotatable bonds is 11. The van der Waals surface area contributed by atoms with Gasteiger partial charge in [-0.3, -0.25) is 23.8 Å². The highest BCUT2D eigenvalue weighted by Gasteiger charge is 2.38. The molecule has 0 radical (unpaired) electrons.